The van der Waals surface area contributed by atoms with Crippen molar-refractivity contribution in [1.82, 2.24) is 20.4 Å². The van der Waals surface area contributed by atoms with Gasteiger partial charge in [-0.15, -0.1) is 24.8 Å². The van der Waals surface area contributed by atoms with Gasteiger partial charge < -0.3 is 10.6 Å². The summed E-state index contributed by atoms with van der Waals surface area (Å²) in [4.78, 5) is 12.0. The van der Waals surface area contributed by atoms with Gasteiger partial charge in [0.15, 0.2) is 0 Å². The van der Waals surface area contributed by atoms with Gasteiger partial charge in [0.1, 0.15) is 6.54 Å². The molecule has 1 amide bonds. The van der Waals surface area contributed by atoms with Crippen LogP contribution >= 0.6 is 24.8 Å². The van der Waals surface area contributed by atoms with Crippen LogP contribution in [0.5, 0.6) is 0 Å². The first-order valence-electron chi connectivity index (χ1n) is 7.39. The van der Waals surface area contributed by atoms with Crippen molar-refractivity contribution in [1.29, 1.82) is 0 Å². The Balaban J connectivity index is 0.00000220. The first-order valence-corrected chi connectivity index (χ1v) is 7.39. The van der Waals surface area contributed by atoms with Crippen molar-refractivity contribution in [3.05, 3.63) is 17.5 Å². The highest BCUT2D eigenvalue weighted by Gasteiger charge is 2.31. The number of aromatic nitrogens is 2. The molecule has 0 bridgehead atoms. The molecule has 1 unspecified atom stereocenters. The van der Waals surface area contributed by atoms with E-state index < -0.39 is 0 Å². The van der Waals surface area contributed by atoms with Crippen LogP contribution < -0.4 is 10.6 Å². The first-order chi connectivity index (χ1) is 9.38. The molecule has 1 saturated heterocycles. The number of carbonyl (C=O) groups is 1. The zero-order chi connectivity index (χ0) is 14.8. The Hall–Kier alpha value is -0.780. The van der Waals surface area contributed by atoms with Crippen LogP contribution in [0.2, 0.25) is 0 Å². The predicted molar refractivity (Wildman–Crippen MR) is 94.0 cm³/mol. The summed E-state index contributed by atoms with van der Waals surface area (Å²) in [6.07, 6.45) is 2.42. The number of carbonyl (C=O) groups excluding carboxylic acids is 1. The Labute approximate surface area is 145 Å². The van der Waals surface area contributed by atoms with E-state index in [0.29, 0.717) is 19.1 Å². The van der Waals surface area contributed by atoms with Crippen molar-refractivity contribution in [2.45, 2.75) is 53.1 Å². The normalized spacial score (nSPS) is 19.7. The van der Waals surface area contributed by atoms with Crippen molar-refractivity contribution < 1.29 is 4.79 Å². The van der Waals surface area contributed by atoms with Crippen molar-refractivity contribution >= 4 is 30.7 Å². The molecule has 1 aliphatic rings. The molecular weight excluding hydrogens is 323 g/mol. The molecular formula is C15H28Cl2N4O. The van der Waals surface area contributed by atoms with Gasteiger partial charge >= 0.3 is 0 Å². The average molecular weight is 351 g/mol. The maximum atomic E-state index is 12.0. The van der Waals surface area contributed by atoms with Crippen molar-refractivity contribution in [3.63, 3.8) is 0 Å². The van der Waals surface area contributed by atoms with E-state index in [1.165, 1.54) is 12.8 Å². The summed E-state index contributed by atoms with van der Waals surface area (Å²) in [7, 11) is 0. The molecule has 1 aliphatic heterocycles. The van der Waals surface area contributed by atoms with Gasteiger partial charge in [0, 0.05) is 18.3 Å². The minimum atomic E-state index is 0. The van der Waals surface area contributed by atoms with E-state index in [0.717, 1.165) is 17.9 Å². The second-order valence-corrected chi connectivity index (χ2v) is 6.49. The third-order valence-electron chi connectivity index (χ3n) is 4.23. The van der Waals surface area contributed by atoms with Crippen LogP contribution in [0.4, 0.5) is 0 Å². The highest BCUT2D eigenvalue weighted by molar-refractivity contribution is 5.85. The second-order valence-electron chi connectivity index (χ2n) is 6.49. The number of hydrogen-bond donors (Lipinski definition) is 2. The van der Waals surface area contributed by atoms with Crippen molar-refractivity contribution in [2.24, 2.45) is 5.41 Å². The van der Waals surface area contributed by atoms with Gasteiger partial charge in [-0.05, 0) is 44.7 Å². The van der Waals surface area contributed by atoms with Crippen LogP contribution in [-0.2, 0) is 11.3 Å². The van der Waals surface area contributed by atoms with Crippen LogP contribution in [0.15, 0.2) is 6.07 Å². The lowest BCUT2D eigenvalue weighted by Crippen LogP contribution is -2.53. The topological polar surface area (TPSA) is 59.0 Å². The largest absolute Gasteiger partial charge is 0.353 e. The number of nitrogens with one attached hydrogen (secondary N) is 2. The van der Waals surface area contributed by atoms with Crippen LogP contribution in [-0.4, -0.2) is 34.8 Å². The van der Waals surface area contributed by atoms with Crippen LogP contribution in [0.25, 0.3) is 0 Å². The molecule has 2 heterocycles. The zero-order valence-corrected chi connectivity index (χ0v) is 15.4. The second kappa shape index (κ2) is 8.75. The van der Waals surface area contributed by atoms with E-state index in [4.69, 9.17) is 0 Å². The van der Waals surface area contributed by atoms with E-state index in [9.17, 15) is 4.79 Å². The molecule has 0 radical (unpaired) electrons. The molecule has 1 fully saturated rings. The number of nitrogens with zero attached hydrogens (tertiary/aromatic N) is 2. The summed E-state index contributed by atoms with van der Waals surface area (Å²) >= 11 is 0. The third kappa shape index (κ3) is 5.45. The lowest BCUT2D eigenvalue weighted by atomic mass is 9.77. The Morgan fingerprint density at radius 1 is 1.45 bits per heavy atom. The van der Waals surface area contributed by atoms with Gasteiger partial charge in [0.2, 0.25) is 5.91 Å². The smallest absolute Gasteiger partial charge is 0.241 e. The number of piperidine rings is 1. The molecule has 22 heavy (non-hydrogen) atoms. The van der Waals surface area contributed by atoms with E-state index in [1.807, 2.05) is 19.9 Å². The fourth-order valence-corrected chi connectivity index (χ4v) is 2.86. The maximum Gasteiger partial charge on any atom is 0.241 e. The Morgan fingerprint density at radius 2 is 2.14 bits per heavy atom. The van der Waals surface area contributed by atoms with E-state index in [1.54, 1.807) is 4.68 Å². The van der Waals surface area contributed by atoms with Gasteiger partial charge in [0.25, 0.3) is 0 Å². The molecule has 5 nitrogen and oxygen atoms in total. The molecule has 2 N–H and O–H groups in total. The highest BCUT2D eigenvalue weighted by atomic mass is 35.5. The summed E-state index contributed by atoms with van der Waals surface area (Å²) in [5.74, 6) is 0.0272. The standard InChI is InChI=1S/C15H26N4O.2ClH/c1-11-8-12(2)19(18-11)10-14(20)17-9-13-15(3,4)6-5-7-16-13;;/h8,13,16H,5-7,9-10H2,1-4H3,(H,17,20);2*1H. The monoisotopic (exact) mass is 350 g/mol. The van der Waals surface area contributed by atoms with Gasteiger partial charge in [-0.3, -0.25) is 9.48 Å². The van der Waals surface area contributed by atoms with Crippen molar-refractivity contribution in [3.8, 4) is 0 Å². The minimum Gasteiger partial charge on any atom is -0.353 e. The van der Waals surface area contributed by atoms with Crippen LogP contribution in [0.3, 0.4) is 0 Å². The summed E-state index contributed by atoms with van der Waals surface area (Å²) in [6.45, 7) is 10.5. The number of halogens is 2. The number of hydrogen-bond acceptors (Lipinski definition) is 3. The molecule has 7 heteroatoms. The van der Waals surface area contributed by atoms with E-state index in [2.05, 4.69) is 29.6 Å². The maximum absolute atomic E-state index is 12.0. The number of rotatable bonds is 4. The Bertz CT molecular complexity index is 488. The molecule has 2 rings (SSSR count). The lowest BCUT2D eigenvalue weighted by Gasteiger charge is -2.39. The molecule has 0 aromatic carbocycles. The Morgan fingerprint density at radius 3 is 2.68 bits per heavy atom. The summed E-state index contributed by atoms with van der Waals surface area (Å²) < 4.78 is 1.75. The third-order valence-corrected chi connectivity index (χ3v) is 4.23. The molecule has 0 saturated carbocycles. The van der Waals surface area contributed by atoms with Crippen molar-refractivity contribution in [2.75, 3.05) is 13.1 Å². The number of amides is 1. The summed E-state index contributed by atoms with van der Waals surface area (Å²) in [6, 6.07) is 2.33. The zero-order valence-electron chi connectivity index (χ0n) is 13.8. The van der Waals surface area contributed by atoms with E-state index >= 15 is 0 Å². The summed E-state index contributed by atoms with van der Waals surface area (Å²) in [5.41, 5.74) is 2.21. The SMILES string of the molecule is Cc1cc(C)n(CC(=O)NCC2NCCCC2(C)C)n1.Cl.Cl. The molecule has 1 aromatic heterocycles. The average Bonchev–Trinajstić information content (AvgIpc) is 2.66. The van der Waals surface area contributed by atoms with E-state index in [-0.39, 0.29) is 36.1 Å². The molecule has 0 aliphatic carbocycles. The number of aryl methyl sites for hydroxylation is 2. The first kappa shape index (κ1) is 21.2. The molecule has 128 valence electrons. The molecule has 1 atom stereocenters. The van der Waals surface area contributed by atoms with Crippen LogP contribution in [0, 0.1) is 19.3 Å². The van der Waals surface area contributed by atoms with Gasteiger partial charge in [-0.25, -0.2) is 0 Å². The van der Waals surface area contributed by atoms with Gasteiger partial charge in [-0.2, -0.15) is 5.10 Å². The van der Waals surface area contributed by atoms with Gasteiger partial charge in [-0.1, -0.05) is 13.8 Å². The van der Waals surface area contributed by atoms with Crippen LogP contribution in [0.1, 0.15) is 38.1 Å². The fourth-order valence-electron chi connectivity index (χ4n) is 2.86. The molecule has 0 spiro atoms. The molecule has 1 aromatic rings. The fraction of sp³-hybridized carbons (Fsp3) is 0.733. The highest BCUT2D eigenvalue weighted by Crippen LogP contribution is 2.29. The van der Waals surface area contributed by atoms with Gasteiger partial charge in [0.05, 0.1) is 5.69 Å². The minimum absolute atomic E-state index is 0. The predicted octanol–water partition coefficient (Wildman–Crippen LogP) is 2.24. The Kier molecular flexibility index (Phi) is 8.44. The lowest BCUT2D eigenvalue weighted by molar-refractivity contribution is -0.122. The summed E-state index contributed by atoms with van der Waals surface area (Å²) in [5, 5.41) is 10.9. The quantitative estimate of drug-likeness (QED) is 0.875.